The molecule has 1 amide bonds. The number of hydrogen-bond acceptors (Lipinski definition) is 4. The smallest absolute Gasteiger partial charge is 0.239 e. The van der Waals surface area contributed by atoms with Crippen molar-refractivity contribution in [1.29, 1.82) is 0 Å². The lowest BCUT2D eigenvalue weighted by atomic mass is 9.93. The summed E-state index contributed by atoms with van der Waals surface area (Å²) in [6.07, 6.45) is 2.11. The molecule has 0 aromatic carbocycles. The Hall–Kier alpha value is -0.650. The predicted octanol–water partition coefficient (Wildman–Crippen LogP) is 1.91. The van der Waals surface area contributed by atoms with Crippen LogP contribution >= 0.6 is 23.7 Å². The zero-order valence-corrected chi connectivity index (χ0v) is 12.4. The van der Waals surface area contributed by atoms with Crippen molar-refractivity contribution in [3.05, 3.63) is 16.6 Å². The molecule has 0 bridgehead atoms. The molecule has 1 fully saturated rings. The van der Waals surface area contributed by atoms with Crippen molar-refractivity contribution in [1.82, 2.24) is 15.2 Å². The highest BCUT2D eigenvalue weighted by Crippen LogP contribution is 2.17. The van der Waals surface area contributed by atoms with Crippen molar-refractivity contribution < 1.29 is 4.79 Å². The zero-order chi connectivity index (χ0) is 12.3. The fourth-order valence-corrected chi connectivity index (χ4v) is 2.75. The van der Waals surface area contributed by atoms with Gasteiger partial charge in [0.05, 0.1) is 23.8 Å². The van der Waals surface area contributed by atoms with E-state index in [1.54, 1.807) is 21.7 Å². The molecular formula is C12H20ClN3OS. The molecule has 18 heavy (non-hydrogen) atoms. The van der Waals surface area contributed by atoms with E-state index < -0.39 is 0 Å². The van der Waals surface area contributed by atoms with E-state index >= 15 is 0 Å². The first-order valence-electron chi connectivity index (χ1n) is 6.02. The van der Waals surface area contributed by atoms with Gasteiger partial charge in [0.15, 0.2) is 0 Å². The summed E-state index contributed by atoms with van der Waals surface area (Å²) in [6.45, 7) is 3.76. The maximum absolute atomic E-state index is 12.2. The molecule has 0 saturated carbocycles. The van der Waals surface area contributed by atoms with Crippen molar-refractivity contribution in [3.8, 4) is 0 Å². The Bertz CT molecular complexity index is 371. The predicted molar refractivity (Wildman–Crippen MR) is 76.0 cm³/mol. The van der Waals surface area contributed by atoms with E-state index in [-0.39, 0.29) is 24.4 Å². The molecule has 102 valence electrons. The maximum Gasteiger partial charge on any atom is 0.239 e. The zero-order valence-electron chi connectivity index (χ0n) is 10.8. The van der Waals surface area contributed by atoms with E-state index in [1.807, 2.05) is 12.4 Å². The minimum atomic E-state index is -0.0117. The summed E-state index contributed by atoms with van der Waals surface area (Å²) in [5.74, 6) is 0.822. The Morgan fingerprint density at radius 3 is 3.06 bits per heavy atom. The van der Waals surface area contributed by atoms with Gasteiger partial charge < -0.3 is 10.2 Å². The highest BCUT2D eigenvalue weighted by atomic mass is 35.5. The maximum atomic E-state index is 12.2. The quantitative estimate of drug-likeness (QED) is 0.924. The molecule has 4 nitrogen and oxygen atoms in total. The number of hydrogen-bond donors (Lipinski definition) is 1. The van der Waals surface area contributed by atoms with Crippen LogP contribution in [-0.4, -0.2) is 35.4 Å². The van der Waals surface area contributed by atoms with Crippen molar-refractivity contribution in [3.63, 3.8) is 0 Å². The van der Waals surface area contributed by atoms with E-state index in [0.717, 1.165) is 18.7 Å². The molecule has 1 aliphatic rings. The van der Waals surface area contributed by atoms with Gasteiger partial charge in [0.25, 0.3) is 0 Å². The van der Waals surface area contributed by atoms with E-state index in [2.05, 4.69) is 17.2 Å². The SMILES string of the molecule is CC1CCNC(C(=O)N(C)Cc2cscn2)C1.Cl. The number of nitrogens with zero attached hydrogens (tertiary/aromatic N) is 2. The van der Waals surface area contributed by atoms with Gasteiger partial charge in [-0.1, -0.05) is 6.92 Å². The lowest BCUT2D eigenvalue weighted by Gasteiger charge is -2.30. The largest absolute Gasteiger partial charge is 0.338 e. The Labute approximate surface area is 118 Å². The lowest BCUT2D eigenvalue weighted by Crippen LogP contribution is -2.48. The highest BCUT2D eigenvalue weighted by Gasteiger charge is 2.26. The summed E-state index contributed by atoms with van der Waals surface area (Å²) in [5, 5.41) is 5.29. The average molecular weight is 290 g/mol. The summed E-state index contributed by atoms with van der Waals surface area (Å²) in [7, 11) is 1.85. The van der Waals surface area contributed by atoms with Gasteiger partial charge in [0.2, 0.25) is 5.91 Å². The van der Waals surface area contributed by atoms with Crippen molar-refractivity contribution in [2.75, 3.05) is 13.6 Å². The number of rotatable bonds is 3. The van der Waals surface area contributed by atoms with Crippen LogP contribution in [-0.2, 0) is 11.3 Å². The number of carbonyl (C=O) groups excluding carboxylic acids is 1. The standard InChI is InChI=1S/C12H19N3OS.ClH/c1-9-3-4-13-11(5-9)12(16)15(2)6-10-7-17-8-14-10;/h7-9,11,13H,3-6H2,1-2H3;1H. The normalized spacial score (nSPS) is 23.2. The molecule has 2 rings (SSSR count). The Balaban J connectivity index is 0.00000162. The number of halogens is 1. The molecule has 0 aliphatic carbocycles. The minimum absolute atomic E-state index is 0. The molecular weight excluding hydrogens is 270 g/mol. The number of aromatic nitrogens is 1. The van der Waals surface area contributed by atoms with Gasteiger partial charge in [0, 0.05) is 12.4 Å². The summed E-state index contributed by atoms with van der Waals surface area (Å²) in [4.78, 5) is 18.2. The van der Waals surface area contributed by atoms with Gasteiger partial charge in [0.1, 0.15) is 0 Å². The van der Waals surface area contributed by atoms with Crippen LogP contribution in [0.4, 0.5) is 0 Å². The third kappa shape index (κ3) is 3.93. The molecule has 0 spiro atoms. The summed E-state index contributed by atoms with van der Waals surface area (Å²) >= 11 is 1.56. The third-order valence-electron chi connectivity index (χ3n) is 3.22. The number of likely N-dealkylation sites (N-methyl/N-ethyl adjacent to an activating group) is 1. The molecule has 1 aromatic heterocycles. The first-order chi connectivity index (χ1) is 8.16. The second kappa shape index (κ2) is 7.07. The van der Waals surface area contributed by atoms with Crippen molar-refractivity contribution in [2.45, 2.75) is 32.4 Å². The Kier molecular flexibility index (Phi) is 6.05. The molecule has 1 saturated heterocycles. The van der Waals surface area contributed by atoms with Gasteiger partial charge in [-0.05, 0) is 25.3 Å². The number of piperidine rings is 1. The number of nitrogens with one attached hydrogen (secondary N) is 1. The van der Waals surface area contributed by atoms with Gasteiger partial charge in [-0.2, -0.15) is 0 Å². The van der Waals surface area contributed by atoms with Crippen molar-refractivity contribution in [2.24, 2.45) is 5.92 Å². The van der Waals surface area contributed by atoms with Gasteiger partial charge in [-0.3, -0.25) is 4.79 Å². The average Bonchev–Trinajstić information content (AvgIpc) is 2.80. The lowest BCUT2D eigenvalue weighted by molar-refractivity contribution is -0.133. The van der Waals surface area contributed by atoms with E-state index in [0.29, 0.717) is 12.5 Å². The summed E-state index contributed by atoms with van der Waals surface area (Å²) in [5.41, 5.74) is 2.77. The molecule has 0 radical (unpaired) electrons. The minimum Gasteiger partial charge on any atom is -0.338 e. The van der Waals surface area contributed by atoms with Crippen LogP contribution in [0.3, 0.4) is 0 Å². The van der Waals surface area contributed by atoms with Crippen molar-refractivity contribution >= 4 is 29.7 Å². The Morgan fingerprint density at radius 2 is 2.44 bits per heavy atom. The summed E-state index contributed by atoms with van der Waals surface area (Å²) in [6, 6.07) is -0.0117. The number of amides is 1. The second-order valence-electron chi connectivity index (χ2n) is 4.81. The van der Waals surface area contributed by atoms with Gasteiger partial charge in [-0.15, -0.1) is 23.7 Å². The van der Waals surface area contributed by atoms with E-state index in [4.69, 9.17) is 0 Å². The van der Waals surface area contributed by atoms with Crippen LogP contribution in [0.1, 0.15) is 25.5 Å². The molecule has 2 unspecified atom stereocenters. The molecule has 1 aliphatic heterocycles. The number of thiazole rings is 1. The van der Waals surface area contributed by atoms with Crippen LogP contribution in [0.25, 0.3) is 0 Å². The molecule has 6 heteroatoms. The van der Waals surface area contributed by atoms with Crippen LogP contribution in [0.5, 0.6) is 0 Å². The van der Waals surface area contributed by atoms with E-state index in [1.165, 1.54) is 6.42 Å². The van der Waals surface area contributed by atoms with Crippen LogP contribution < -0.4 is 5.32 Å². The fourth-order valence-electron chi connectivity index (χ4n) is 2.20. The molecule has 1 N–H and O–H groups in total. The first-order valence-corrected chi connectivity index (χ1v) is 6.96. The first kappa shape index (κ1) is 15.4. The third-order valence-corrected chi connectivity index (χ3v) is 3.86. The van der Waals surface area contributed by atoms with Crippen LogP contribution in [0, 0.1) is 5.92 Å². The number of carbonyl (C=O) groups is 1. The Morgan fingerprint density at radius 1 is 1.67 bits per heavy atom. The molecule has 1 aromatic rings. The second-order valence-corrected chi connectivity index (χ2v) is 5.53. The molecule has 2 heterocycles. The fraction of sp³-hybridized carbons (Fsp3) is 0.667. The van der Waals surface area contributed by atoms with Crippen LogP contribution in [0.2, 0.25) is 0 Å². The summed E-state index contributed by atoms with van der Waals surface area (Å²) < 4.78 is 0. The topological polar surface area (TPSA) is 45.2 Å². The van der Waals surface area contributed by atoms with Gasteiger partial charge in [-0.25, -0.2) is 4.98 Å². The van der Waals surface area contributed by atoms with Gasteiger partial charge >= 0.3 is 0 Å². The molecule has 2 atom stereocenters. The van der Waals surface area contributed by atoms with E-state index in [9.17, 15) is 4.79 Å². The monoisotopic (exact) mass is 289 g/mol. The van der Waals surface area contributed by atoms with Crippen LogP contribution in [0.15, 0.2) is 10.9 Å². The highest BCUT2D eigenvalue weighted by molar-refractivity contribution is 7.07.